The zero-order valence-corrected chi connectivity index (χ0v) is 28.4. The van der Waals surface area contributed by atoms with Crippen molar-refractivity contribution in [2.45, 2.75) is 62.9 Å². The number of benzene rings is 2. The summed E-state index contributed by atoms with van der Waals surface area (Å²) < 4.78 is 51.8. The van der Waals surface area contributed by atoms with Crippen molar-refractivity contribution >= 4 is 30.9 Å². The lowest BCUT2D eigenvalue weighted by atomic mass is 10.1. The summed E-state index contributed by atoms with van der Waals surface area (Å²) in [5, 5.41) is 0. The Morgan fingerprint density at radius 1 is 0.846 bits per heavy atom. The van der Waals surface area contributed by atoms with E-state index in [9.17, 15) is 19.0 Å². The van der Waals surface area contributed by atoms with Gasteiger partial charge in [0.2, 0.25) is 11.9 Å². The van der Waals surface area contributed by atoms with Gasteiger partial charge in [-0.1, -0.05) is 60.7 Å². The van der Waals surface area contributed by atoms with Gasteiger partial charge in [0.05, 0.1) is 38.9 Å². The van der Waals surface area contributed by atoms with Crippen LogP contribution in [0.25, 0.3) is 11.2 Å². The molecule has 52 heavy (non-hydrogen) atoms. The van der Waals surface area contributed by atoms with E-state index in [1.807, 2.05) is 60.7 Å². The maximum Gasteiger partial charge on any atom is 0.472 e. The zero-order chi connectivity index (χ0) is 36.2. The molecule has 0 saturated carbocycles. The number of ether oxygens (including phenoxy) is 4. The second-order valence-electron chi connectivity index (χ2n) is 12.2. The molecule has 5 heterocycles. The van der Waals surface area contributed by atoms with E-state index in [0.717, 1.165) is 15.7 Å². The summed E-state index contributed by atoms with van der Waals surface area (Å²) in [5.41, 5.74) is 12.1. The molecule has 2 fully saturated rings. The molecule has 5 aromatic rings. The normalized spacial score (nSPS) is 24.3. The van der Waals surface area contributed by atoms with E-state index in [0.29, 0.717) is 0 Å². The number of anilines is 2. The molecule has 7 unspecified atom stereocenters. The highest BCUT2D eigenvalue weighted by Crippen LogP contribution is 2.49. The highest BCUT2D eigenvalue weighted by atomic mass is 31.2. The Morgan fingerprint density at radius 3 is 2.19 bits per heavy atom. The summed E-state index contributed by atoms with van der Waals surface area (Å²) in [7, 11) is -4.80. The topological polar surface area (TPSA) is 256 Å². The van der Waals surface area contributed by atoms with Crippen molar-refractivity contribution in [3.8, 4) is 0 Å². The Hall–Kier alpha value is -4.85. The summed E-state index contributed by atoms with van der Waals surface area (Å²) in [4.78, 5) is 54.2. The number of phosphoric acid groups is 1. The van der Waals surface area contributed by atoms with Gasteiger partial charge in [0.1, 0.15) is 37.1 Å². The van der Waals surface area contributed by atoms with Gasteiger partial charge in [0, 0.05) is 12.8 Å². The molecule has 0 amide bonds. The number of nitrogens with one attached hydrogen (secondary N) is 1. The summed E-state index contributed by atoms with van der Waals surface area (Å²) in [5.74, 6) is -0.302. The van der Waals surface area contributed by atoms with Crippen molar-refractivity contribution in [3.05, 3.63) is 105 Å². The van der Waals surface area contributed by atoms with Gasteiger partial charge in [-0.3, -0.25) is 28.0 Å². The number of imidazole rings is 1. The fourth-order valence-electron chi connectivity index (χ4n) is 6.05. The van der Waals surface area contributed by atoms with Crippen molar-refractivity contribution in [1.82, 2.24) is 34.1 Å². The summed E-state index contributed by atoms with van der Waals surface area (Å²) in [6, 6.07) is 18.8. The van der Waals surface area contributed by atoms with Gasteiger partial charge in [-0.25, -0.2) is 19.3 Å². The molecule has 0 aliphatic carbocycles. The first-order valence-corrected chi connectivity index (χ1v) is 17.8. The molecule has 2 aliphatic rings. The first-order chi connectivity index (χ1) is 25.1. The lowest BCUT2D eigenvalue weighted by molar-refractivity contribution is -0.0751. The molecule has 2 saturated heterocycles. The van der Waals surface area contributed by atoms with Crippen LogP contribution >= 0.6 is 7.82 Å². The van der Waals surface area contributed by atoms with Crippen LogP contribution in [-0.2, 0) is 45.8 Å². The second-order valence-corrected chi connectivity index (χ2v) is 13.6. The number of phosphoric ester groups is 1. The van der Waals surface area contributed by atoms with Gasteiger partial charge in [-0.2, -0.15) is 9.97 Å². The SMILES string of the molecule is Nc1ncn(C2CC(OCc3ccccc3)C(COP(=O)(O)OC3CC(n4cnc5c(=O)[nH]c(N)nc54)OC3COCc3ccccc3)O2)c(=O)n1. The van der Waals surface area contributed by atoms with E-state index in [-0.39, 0.29) is 55.7 Å². The van der Waals surface area contributed by atoms with Crippen LogP contribution in [0.15, 0.2) is 82.9 Å². The molecule has 0 radical (unpaired) electrons. The zero-order valence-electron chi connectivity index (χ0n) is 27.5. The van der Waals surface area contributed by atoms with E-state index in [4.69, 9.17) is 39.5 Å². The molecule has 19 nitrogen and oxygen atoms in total. The number of aromatic nitrogens is 7. The van der Waals surface area contributed by atoms with E-state index in [1.54, 1.807) is 0 Å². The third-order valence-electron chi connectivity index (χ3n) is 8.55. The monoisotopic (exact) mass is 737 g/mol. The van der Waals surface area contributed by atoms with Crippen molar-refractivity contribution in [2.75, 3.05) is 24.7 Å². The minimum atomic E-state index is -4.80. The molecule has 6 N–H and O–H groups in total. The molecular weight excluding hydrogens is 701 g/mol. The van der Waals surface area contributed by atoms with Crippen LogP contribution in [0.1, 0.15) is 36.4 Å². The largest absolute Gasteiger partial charge is 0.472 e. The molecule has 0 spiro atoms. The second kappa shape index (κ2) is 15.4. The minimum Gasteiger partial charge on any atom is -0.374 e. The minimum absolute atomic E-state index is 0.0138. The molecule has 2 aromatic carbocycles. The summed E-state index contributed by atoms with van der Waals surface area (Å²) in [6.07, 6.45) is -2.29. The highest BCUT2D eigenvalue weighted by Gasteiger charge is 2.44. The Kier molecular flexibility index (Phi) is 10.5. The molecule has 7 atom stereocenters. The van der Waals surface area contributed by atoms with E-state index >= 15 is 0 Å². The molecule has 274 valence electrons. The number of hydrogen-bond acceptors (Lipinski definition) is 15. The first kappa shape index (κ1) is 35.5. The van der Waals surface area contributed by atoms with Crippen LogP contribution in [0.3, 0.4) is 0 Å². The Labute approximate surface area is 295 Å². The van der Waals surface area contributed by atoms with Crippen molar-refractivity contribution in [2.24, 2.45) is 0 Å². The standard InChI is InChI=1S/C32H36N9O10P/c33-30-36-18-41(32(43)39-30)26-11-21(47-14-20-9-5-2-6-10-20)24(50-26)16-48-52(44,45)51-22-12-25(40-17-35-27-28(40)37-31(34)38-29(27)42)49-23(22)15-46-13-19-7-3-1-4-8-19/h1-10,17-18,21-26H,11-16H2,(H,44,45)(H2,33,39,43)(H3,34,37,38,42). The lowest BCUT2D eigenvalue weighted by Crippen LogP contribution is -2.31. The maximum absolute atomic E-state index is 13.5. The van der Waals surface area contributed by atoms with Crippen LogP contribution in [0, 0.1) is 0 Å². The number of fused-ring (bicyclic) bond motifs is 1. The predicted octanol–water partition coefficient (Wildman–Crippen LogP) is 1.82. The predicted molar refractivity (Wildman–Crippen MR) is 182 cm³/mol. The summed E-state index contributed by atoms with van der Waals surface area (Å²) in [6.45, 7) is 0.0114. The third-order valence-corrected chi connectivity index (χ3v) is 9.56. The Bertz CT molecular complexity index is 2150. The van der Waals surface area contributed by atoms with Gasteiger partial charge < -0.3 is 35.3 Å². The number of H-pyrrole nitrogens is 1. The lowest BCUT2D eigenvalue weighted by Gasteiger charge is -2.23. The molecule has 20 heteroatoms. The molecule has 2 aliphatic heterocycles. The van der Waals surface area contributed by atoms with Gasteiger partial charge in [0.25, 0.3) is 5.56 Å². The quantitative estimate of drug-likeness (QED) is 0.119. The van der Waals surface area contributed by atoms with Crippen LogP contribution in [0.4, 0.5) is 11.9 Å². The smallest absolute Gasteiger partial charge is 0.374 e. The molecule has 0 bridgehead atoms. The number of nitrogen functional groups attached to an aromatic ring is 2. The fraction of sp³-hybridized carbons (Fsp3) is 0.375. The third kappa shape index (κ3) is 8.27. The van der Waals surface area contributed by atoms with Gasteiger partial charge in [-0.05, 0) is 11.1 Å². The average Bonchev–Trinajstić information content (AvgIpc) is 3.84. The fourth-order valence-corrected chi connectivity index (χ4v) is 7.01. The Balaban J connectivity index is 1.06. The number of hydrogen-bond donors (Lipinski definition) is 4. The van der Waals surface area contributed by atoms with Crippen molar-refractivity contribution < 1.29 is 37.5 Å². The Morgan fingerprint density at radius 2 is 1.48 bits per heavy atom. The van der Waals surface area contributed by atoms with Gasteiger partial charge in [-0.15, -0.1) is 0 Å². The number of nitrogens with two attached hydrogens (primary N) is 2. The number of aromatic amines is 1. The van der Waals surface area contributed by atoms with E-state index in [1.165, 1.54) is 17.2 Å². The van der Waals surface area contributed by atoms with Gasteiger partial charge in [0.15, 0.2) is 11.2 Å². The molecular formula is C32H36N9O10P. The van der Waals surface area contributed by atoms with Crippen LogP contribution < -0.4 is 22.7 Å². The number of nitrogens with zero attached hydrogens (tertiary/aromatic N) is 6. The van der Waals surface area contributed by atoms with Crippen molar-refractivity contribution in [1.29, 1.82) is 0 Å². The molecule has 3 aromatic heterocycles. The highest BCUT2D eigenvalue weighted by molar-refractivity contribution is 7.47. The summed E-state index contributed by atoms with van der Waals surface area (Å²) >= 11 is 0. The van der Waals surface area contributed by atoms with Crippen LogP contribution in [0.5, 0.6) is 0 Å². The van der Waals surface area contributed by atoms with E-state index < -0.39 is 62.6 Å². The average molecular weight is 738 g/mol. The van der Waals surface area contributed by atoms with E-state index in [2.05, 4.69) is 24.9 Å². The van der Waals surface area contributed by atoms with Crippen molar-refractivity contribution in [3.63, 3.8) is 0 Å². The van der Waals surface area contributed by atoms with Crippen LogP contribution in [0.2, 0.25) is 0 Å². The van der Waals surface area contributed by atoms with Gasteiger partial charge >= 0.3 is 13.5 Å². The molecule has 7 rings (SSSR count). The number of rotatable bonds is 14. The first-order valence-electron chi connectivity index (χ1n) is 16.3. The maximum atomic E-state index is 13.5. The van der Waals surface area contributed by atoms with Crippen LogP contribution in [-0.4, -0.2) is 76.6 Å².